The maximum atomic E-state index is 12.6. The molecule has 5 heteroatoms. The second kappa shape index (κ2) is 8.56. The maximum absolute atomic E-state index is 12.6. The van der Waals surface area contributed by atoms with Gasteiger partial charge in [-0.2, -0.15) is 0 Å². The third-order valence-corrected chi connectivity index (χ3v) is 4.05. The molecule has 2 amide bonds. The molecule has 1 heterocycles. The number of hydrogen-bond acceptors (Lipinski definition) is 3. The average molecular weight is 318 g/mol. The van der Waals surface area contributed by atoms with E-state index in [0.29, 0.717) is 32.8 Å². The first-order valence-electron chi connectivity index (χ1n) is 8.45. The van der Waals surface area contributed by atoms with Crippen LogP contribution in [0.4, 0.5) is 4.79 Å². The molecule has 1 aliphatic heterocycles. The SMILES string of the molecule is CCCc1ccc(C(=O)N2CCCN(C(=O)OCC)CC2)cc1. The molecule has 1 aromatic rings. The lowest BCUT2D eigenvalue weighted by Gasteiger charge is -2.21. The molecule has 1 aromatic carbocycles. The van der Waals surface area contributed by atoms with Crippen LogP contribution in [0.2, 0.25) is 0 Å². The van der Waals surface area contributed by atoms with Crippen molar-refractivity contribution >= 4 is 12.0 Å². The zero-order chi connectivity index (χ0) is 16.7. The van der Waals surface area contributed by atoms with Gasteiger partial charge in [-0.15, -0.1) is 0 Å². The third-order valence-electron chi connectivity index (χ3n) is 4.05. The molecule has 0 bridgehead atoms. The van der Waals surface area contributed by atoms with Crippen molar-refractivity contribution in [3.05, 3.63) is 35.4 Å². The fourth-order valence-corrected chi connectivity index (χ4v) is 2.80. The van der Waals surface area contributed by atoms with Gasteiger partial charge in [-0.25, -0.2) is 4.79 Å². The van der Waals surface area contributed by atoms with Crippen molar-refractivity contribution in [1.82, 2.24) is 9.80 Å². The molecular weight excluding hydrogens is 292 g/mol. The number of aryl methyl sites for hydroxylation is 1. The number of rotatable bonds is 4. The molecular formula is C18H26N2O3. The quantitative estimate of drug-likeness (QED) is 0.857. The Hall–Kier alpha value is -2.04. The van der Waals surface area contributed by atoms with Crippen LogP contribution in [-0.4, -0.2) is 54.6 Å². The van der Waals surface area contributed by atoms with Gasteiger partial charge in [-0.1, -0.05) is 25.5 Å². The van der Waals surface area contributed by atoms with Gasteiger partial charge >= 0.3 is 6.09 Å². The van der Waals surface area contributed by atoms with Crippen LogP contribution in [0, 0.1) is 0 Å². The van der Waals surface area contributed by atoms with Gasteiger partial charge in [0, 0.05) is 31.7 Å². The van der Waals surface area contributed by atoms with E-state index in [2.05, 4.69) is 6.92 Å². The molecule has 2 rings (SSSR count). The van der Waals surface area contributed by atoms with Gasteiger partial charge in [0.1, 0.15) is 0 Å². The molecule has 1 saturated heterocycles. The van der Waals surface area contributed by atoms with E-state index in [1.54, 1.807) is 11.8 Å². The summed E-state index contributed by atoms with van der Waals surface area (Å²) in [6.07, 6.45) is 2.62. The second-order valence-corrected chi connectivity index (χ2v) is 5.78. The molecule has 0 aromatic heterocycles. The van der Waals surface area contributed by atoms with Crippen LogP contribution in [0.25, 0.3) is 0 Å². The molecule has 0 radical (unpaired) electrons. The first kappa shape index (κ1) is 17.3. The molecule has 1 aliphatic rings. The Balaban J connectivity index is 1.96. The molecule has 0 atom stereocenters. The summed E-state index contributed by atoms with van der Waals surface area (Å²) in [5, 5.41) is 0. The van der Waals surface area contributed by atoms with Crippen LogP contribution >= 0.6 is 0 Å². The van der Waals surface area contributed by atoms with Gasteiger partial charge in [-0.3, -0.25) is 4.79 Å². The molecule has 0 N–H and O–H groups in total. The van der Waals surface area contributed by atoms with Gasteiger partial charge in [0.15, 0.2) is 0 Å². The first-order valence-corrected chi connectivity index (χ1v) is 8.45. The monoisotopic (exact) mass is 318 g/mol. The largest absolute Gasteiger partial charge is 0.450 e. The molecule has 0 saturated carbocycles. The number of ether oxygens (including phenoxy) is 1. The van der Waals surface area contributed by atoms with Crippen LogP contribution in [0.1, 0.15) is 42.6 Å². The van der Waals surface area contributed by atoms with E-state index in [1.807, 2.05) is 29.2 Å². The summed E-state index contributed by atoms with van der Waals surface area (Å²) >= 11 is 0. The fraction of sp³-hybridized carbons (Fsp3) is 0.556. The highest BCUT2D eigenvalue weighted by Crippen LogP contribution is 2.12. The lowest BCUT2D eigenvalue weighted by molar-refractivity contribution is 0.0753. The van der Waals surface area contributed by atoms with E-state index in [-0.39, 0.29) is 12.0 Å². The number of hydrogen-bond donors (Lipinski definition) is 0. The highest BCUT2D eigenvalue weighted by molar-refractivity contribution is 5.94. The van der Waals surface area contributed by atoms with Crippen LogP contribution in [-0.2, 0) is 11.2 Å². The summed E-state index contributed by atoms with van der Waals surface area (Å²) in [7, 11) is 0. The van der Waals surface area contributed by atoms with Crippen LogP contribution in [0.5, 0.6) is 0 Å². The van der Waals surface area contributed by atoms with Gasteiger partial charge < -0.3 is 14.5 Å². The van der Waals surface area contributed by atoms with Gasteiger partial charge in [0.25, 0.3) is 5.91 Å². The van der Waals surface area contributed by atoms with E-state index in [0.717, 1.165) is 24.8 Å². The second-order valence-electron chi connectivity index (χ2n) is 5.78. The van der Waals surface area contributed by atoms with E-state index in [4.69, 9.17) is 4.74 Å². The van der Waals surface area contributed by atoms with Crippen LogP contribution in [0.3, 0.4) is 0 Å². The zero-order valence-corrected chi connectivity index (χ0v) is 14.1. The Morgan fingerprint density at radius 3 is 2.30 bits per heavy atom. The highest BCUT2D eigenvalue weighted by Gasteiger charge is 2.23. The van der Waals surface area contributed by atoms with Crippen LogP contribution < -0.4 is 0 Å². The molecule has 1 fully saturated rings. The zero-order valence-electron chi connectivity index (χ0n) is 14.1. The Labute approximate surface area is 138 Å². The Kier molecular flexibility index (Phi) is 6.44. The molecule has 5 nitrogen and oxygen atoms in total. The number of carbonyl (C=O) groups excluding carboxylic acids is 2. The predicted octanol–water partition coefficient (Wildman–Crippen LogP) is 2.94. The molecule has 23 heavy (non-hydrogen) atoms. The molecule has 126 valence electrons. The minimum absolute atomic E-state index is 0.0405. The van der Waals surface area contributed by atoms with E-state index >= 15 is 0 Å². The Bertz CT molecular complexity index is 528. The van der Waals surface area contributed by atoms with E-state index in [9.17, 15) is 9.59 Å². The topological polar surface area (TPSA) is 49.9 Å². The van der Waals surface area contributed by atoms with Gasteiger partial charge in [-0.05, 0) is 37.5 Å². The minimum Gasteiger partial charge on any atom is -0.450 e. The molecule has 0 aliphatic carbocycles. The number of amides is 2. The number of benzene rings is 1. The Morgan fingerprint density at radius 2 is 1.65 bits per heavy atom. The summed E-state index contributed by atoms with van der Waals surface area (Å²) < 4.78 is 5.04. The lowest BCUT2D eigenvalue weighted by atomic mass is 10.1. The highest BCUT2D eigenvalue weighted by atomic mass is 16.6. The number of carbonyl (C=O) groups is 2. The first-order chi connectivity index (χ1) is 11.2. The van der Waals surface area contributed by atoms with Gasteiger partial charge in [0.05, 0.1) is 6.61 Å². The van der Waals surface area contributed by atoms with Crippen molar-refractivity contribution in [3.8, 4) is 0 Å². The predicted molar refractivity (Wildman–Crippen MR) is 89.6 cm³/mol. The fourth-order valence-electron chi connectivity index (χ4n) is 2.80. The maximum Gasteiger partial charge on any atom is 0.409 e. The standard InChI is InChI=1S/C18H26N2O3/c1-3-6-15-7-9-16(10-8-15)17(21)19-11-5-12-20(14-13-19)18(22)23-4-2/h7-10H,3-6,11-14H2,1-2H3. The number of nitrogens with zero attached hydrogens (tertiary/aromatic N) is 2. The van der Waals surface area contributed by atoms with Gasteiger partial charge in [0.2, 0.25) is 0 Å². The van der Waals surface area contributed by atoms with Crippen molar-refractivity contribution in [2.75, 3.05) is 32.8 Å². The van der Waals surface area contributed by atoms with E-state index < -0.39 is 0 Å². The van der Waals surface area contributed by atoms with Crippen molar-refractivity contribution in [2.24, 2.45) is 0 Å². The lowest BCUT2D eigenvalue weighted by Crippen LogP contribution is -2.37. The van der Waals surface area contributed by atoms with Crippen LogP contribution in [0.15, 0.2) is 24.3 Å². The minimum atomic E-state index is -0.286. The molecule has 0 unspecified atom stereocenters. The summed E-state index contributed by atoms with van der Waals surface area (Å²) in [5.41, 5.74) is 1.97. The average Bonchev–Trinajstić information content (AvgIpc) is 2.81. The van der Waals surface area contributed by atoms with Crippen molar-refractivity contribution in [1.29, 1.82) is 0 Å². The third kappa shape index (κ3) is 4.71. The molecule has 0 spiro atoms. The summed E-state index contributed by atoms with van der Waals surface area (Å²) in [4.78, 5) is 27.9. The van der Waals surface area contributed by atoms with Crippen molar-refractivity contribution in [2.45, 2.75) is 33.1 Å². The summed E-state index contributed by atoms with van der Waals surface area (Å²) in [5.74, 6) is 0.0405. The summed E-state index contributed by atoms with van der Waals surface area (Å²) in [6.45, 7) is 6.71. The van der Waals surface area contributed by atoms with Crippen molar-refractivity contribution < 1.29 is 14.3 Å². The van der Waals surface area contributed by atoms with E-state index in [1.165, 1.54) is 5.56 Å². The smallest absolute Gasteiger partial charge is 0.409 e. The summed E-state index contributed by atoms with van der Waals surface area (Å²) in [6, 6.07) is 7.86. The Morgan fingerprint density at radius 1 is 1.00 bits per heavy atom. The normalized spacial score (nSPS) is 15.2. The van der Waals surface area contributed by atoms with Crippen molar-refractivity contribution in [3.63, 3.8) is 0 Å².